The number of carbonyl (C=O) groups is 1. The van der Waals surface area contributed by atoms with Gasteiger partial charge in [0.2, 0.25) is 0 Å². The number of nitrogens with zero attached hydrogens (tertiary/aromatic N) is 3. The van der Waals surface area contributed by atoms with Crippen LogP contribution in [-0.2, 0) is 10.3 Å². The van der Waals surface area contributed by atoms with Crippen molar-refractivity contribution in [1.82, 2.24) is 14.7 Å². The van der Waals surface area contributed by atoms with Gasteiger partial charge in [0.1, 0.15) is 27.2 Å². The second kappa shape index (κ2) is 9.30. The second-order valence-electron chi connectivity index (χ2n) is 8.39. The molecule has 4 rings (SSSR count). The van der Waals surface area contributed by atoms with E-state index in [4.69, 9.17) is 15.7 Å². The first kappa shape index (κ1) is 22.9. The van der Waals surface area contributed by atoms with Crippen LogP contribution in [0.5, 0.6) is 0 Å². The summed E-state index contributed by atoms with van der Waals surface area (Å²) in [7, 11) is 10.7. The molecule has 0 aromatic carbocycles. The predicted octanol–water partition coefficient (Wildman–Crippen LogP) is 3.21. The van der Waals surface area contributed by atoms with Crippen molar-refractivity contribution in [2.45, 2.75) is 57.1 Å². The molecule has 2 aliphatic carbocycles. The Morgan fingerprint density at radius 1 is 1.30 bits per heavy atom. The molecule has 33 heavy (non-hydrogen) atoms. The van der Waals surface area contributed by atoms with E-state index in [0.717, 1.165) is 37.1 Å². The van der Waals surface area contributed by atoms with Crippen LogP contribution in [0.15, 0.2) is 63.8 Å². The number of rotatable bonds is 6. The lowest BCUT2D eigenvalue weighted by molar-refractivity contribution is -0.118. The average molecular weight is 439 g/mol. The lowest BCUT2D eigenvalue weighted by Crippen LogP contribution is -2.41. The number of allylic oxidation sites excluding steroid dienone is 1. The number of anilines is 1. The second-order valence-corrected chi connectivity index (χ2v) is 8.39. The van der Waals surface area contributed by atoms with Crippen LogP contribution >= 0.6 is 0 Å². The van der Waals surface area contributed by atoms with Crippen molar-refractivity contribution in [3.63, 3.8) is 0 Å². The standard InChI is InChI=1S/C24H24B2FN5O/c1-3-28-22-15(2)6-4-7-18(22)23(33)30-17-12-10-16(11-13-17)29-20-8-5-9-21-31-19(14-32(20)21)24(25,26)27/h3,5,7-9,14,16-17,29H,10-13H2,1-2H3,(H,30,33). The molecule has 1 saturated carbocycles. The molecular formula is C24H24B2FN5O. The Hall–Kier alpha value is -3.27. The van der Waals surface area contributed by atoms with Crippen LogP contribution < -0.4 is 10.6 Å². The van der Waals surface area contributed by atoms with Gasteiger partial charge in [0.25, 0.3) is 5.91 Å². The molecule has 2 aromatic rings. The first-order valence-electron chi connectivity index (χ1n) is 11.0. The summed E-state index contributed by atoms with van der Waals surface area (Å²) < 4.78 is 15.7. The van der Waals surface area contributed by atoms with E-state index >= 15 is 0 Å². The van der Waals surface area contributed by atoms with Crippen molar-refractivity contribution in [2.24, 2.45) is 4.99 Å². The summed E-state index contributed by atoms with van der Waals surface area (Å²) in [6, 6.07) is 5.81. The normalized spacial score (nSPS) is 21.0. The maximum Gasteiger partial charge on any atom is 0.254 e. The summed E-state index contributed by atoms with van der Waals surface area (Å²) in [6.07, 6.45) is 8.23. The lowest BCUT2D eigenvalue weighted by Gasteiger charge is -2.30. The Morgan fingerprint density at radius 3 is 2.73 bits per heavy atom. The Labute approximate surface area is 195 Å². The highest BCUT2D eigenvalue weighted by Crippen LogP contribution is 2.26. The van der Waals surface area contributed by atoms with Crippen LogP contribution in [0.3, 0.4) is 0 Å². The van der Waals surface area contributed by atoms with Gasteiger partial charge in [-0.2, -0.15) is 0 Å². The number of fused-ring (bicyclic) bond motifs is 1. The third-order valence-electron chi connectivity index (χ3n) is 5.89. The van der Waals surface area contributed by atoms with Gasteiger partial charge in [0.15, 0.2) is 0 Å². The molecule has 6 nitrogen and oxygen atoms in total. The van der Waals surface area contributed by atoms with Crippen molar-refractivity contribution in [3.8, 4) is 0 Å². The topological polar surface area (TPSA) is 70.8 Å². The fourth-order valence-electron chi connectivity index (χ4n) is 4.18. The zero-order valence-electron chi connectivity index (χ0n) is 18.7. The van der Waals surface area contributed by atoms with Gasteiger partial charge >= 0.3 is 0 Å². The molecule has 1 fully saturated rings. The maximum atomic E-state index is 13.9. The molecule has 164 valence electrons. The number of pyridine rings is 1. The Balaban J connectivity index is 1.39. The lowest BCUT2D eigenvalue weighted by atomic mass is 9.65. The minimum atomic E-state index is -2.49. The van der Waals surface area contributed by atoms with Crippen molar-refractivity contribution in [2.75, 3.05) is 5.32 Å². The number of aliphatic imine (C=N–C) groups is 1. The number of hydrogen-bond acceptors (Lipinski definition) is 4. The van der Waals surface area contributed by atoms with Crippen LogP contribution in [-0.4, -0.2) is 49.3 Å². The summed E-state index contributed by atoms with van der Waals surface area (Å²) in [5.41, 5.74) is 5.83. The molecule has 9 heteroatoms. The summed E-state index contributed by atoms with van der Waals surface area (Å²) >= 11 is 0. The van der Waals surface area contributed by atoms with E-state index in [9.17, 15) is 9.18 Å². The third-order valence-corrected chi connectivity index (χ3v) is 5.89. The molecule has 2 aliphatic rings. The van der Waals surface area contributed by atoms with Crippen LogP contribution in [0, 0.1) is 0 Å². The highest BCUT2D eigenvalue weighted by atomic mass is 19.1. The SMILES string of the molecule is [B]C([B])(F)c1cn2c(NC3CCC(NC(=O)C4=C(N=CC)C(C)=C=C=C4)CC3)cccc2n1. The van der Waals surface area contributed by atoms with E-state index in [1.165, 1.54) is 6.20 Å². The minimum absolute atomic E-state index is 0.0269. The fraction of sp³-hybridized carbons (Fsp3) is 0.375. The largest absolute Gasteiger partial charge is 0.368 e. The van der Waals surface area contributed by atoms with Crippen molar-refractivity contribution in [3.05, 3.63) is 64.5 Å². The number of hydrogen-bond donors (Lipinski definition) is 2. The van der Waals surface area contributed by atoms with Crippen molar-refractivity contribution >= 4 is 39.3 Å². The monoisotopic (exact) mass is 439 g/mol. The summed E-state index contributed by atoms with van der Waals surface area (Å²) in [4.78, 5) is 21.4. The van der Waals surface area contributed by atoms with Gasteiger partial charge in [-0.1, -0.05) is 17.5 Å². The maximum absolute atomic E-state index is 13.9. The van der Waals surface area contributed by atoms with Gasteiger partial charge in [-0.15, -0.1) is 0 Å². The molecule has 1 amide bonds. The zero-order chi connectivity index (χ0) is 23.6. The average Bonchev–Trinajstić information content (AvgIpc) is 3.23. The molecule has 2 aromatic heterocycles. The quantitative estimate of drug-likeness (QED) is 0.413. The number of imidazole rings is 1. The molecule has 4 radical (unpaired) electrons. The van der Waals surface area contributed by atoms with E-state index in [0.29, 0.717) is 16.9 Å². The Bertz CT molecular complexity index is 1240. The van der Waals surface area contributed by atoms with E-state index in [-0.39, 0.29) is 23.7 Å². The predicted molar refractivity (Wildman–Crippen MR) is 129 cm³/mol. The molecule has 0 spiro atoms. The molecule has 0 bridgehead atoms. The molecule has 0 aliphatic heterocycles. The number of halogens is 1. The number of carbonyl (C=O) groups excluding carboxylic acids is 1. The highest BCUT2D eigenvalue weighted by Gasteiger charge is 2.26. The van der Waals surface area contributed by atoms with Gasteiger partial charge in [-0.3, -0.25) is 18.6 Å². The van der Waals surface area contributed by atoms with Gasteiger partial charge < -0.3 is 10.6 Å². The number of nitrogens with one attached hydrogen (secondary N) is 2. The van der Waals surface area contributed by atoms with Crippen molar-refractivity contribution < 1.29 is 9.18 Å². The van der Waals surface area contributed by atoms with Crippen LogP contribution in [0.4, 0.5) is 10.2 Å². The van der Waals surface area contributed by atoms with E-state index in [1.807, 2.05) is 26.0 Å². The molecule has 0 atom stereocenters. The molecule has 0 unspecified atom stereocenters. The first-order valence-corrected chi connectivity index (χ1v) is 11.0. The van der Waals surface area contributed by atoms with Crippen LogP contribution in [0.2, 0.25) is 0 Å². The number of aromatic nitrogens is 2. The van der Waals surface area contributed by atoms with Gasteiger partial charge in [0.05, 0.1) is 22.4 Å². The van der Waals surface area contributed by atoms with Gasteiger partial charge in [-0.25, -0.2) is 4.98 Å². The third kappa shape index (κ3) is 5.05. The van der Waals surface area contributed by atoms with Crippen molar-refractivity contribution in [1.29, 1.82) is 0 Å². The van der Waals surface area contributed by atoms with Crippen LogP contribution in [0.25, 0.3) is 5.65 Å². The van der Waals surface area contributed by atoms with Gasteiger partial charge in [-0.05, 0) is 51.7 Å². The zero-order valence-corrected chi connectivity index (χ0v) is 18.7. The summed E-state index contributed by atoms with van der Waals surface area (Å²) in [6.45, 7) is 3.68. The van der Waals surface area contributed by atoms with E-state index < -0.39 is 5.47 Å². The molecule has 2 N–H and O–H groups in total. The smallest absolute Gasteiger partial charge is 0.254 e. The Morgan fingerprint density at radius 2 is 2.03 bits per heavy atom. The molecule has 0 saturated heterocycles. The van der Waals surface area contributed by atoms with E-state index in [2.05, 4.69) is 32.1 Å². The fourth-order valence-corrected chi connectivity index (χ4v) is 4.18. The minimum Gasteiger partial charge on any atom is -0.368 e. The van der Waals surface area contributed by atoms with Gasteiger partial charge in [0, 0.05) is 36.1 Å². The summed E-state index contributed by atoms with van der Waals surface area (Å²) in [5.74, 6) is 0.644. The molecular weight excluding hydrogens is 415 g/mol. The first-order chi connectivity index (χ1) is 15.8. The Kier molecular flexibility index (Phi) is 6.46. The number of amides is 1. The van der Waals surface area contributed by atoms with E-state index in [1.54, 1.807) is 22.8 Å². The highest BCUT2D eigenvalue weighted by molar-refractivity contribution is 6.38. The molecule has 2 heterocycles. The summed E-state index contributed by atoms with van der Waals surface area (Å²) in [5, 5.41) is 6.64. The van der Waals surface area contributed by atoms with Crippen LogP contribution in [0.1, 0.15) is 45.2 Å². The number of alkyl halides is 1.